The van der Waals surface area contributed by atoms with Gasteiger partial charge in [0.25, 0.3) is 0 Å². The number of hydrogen-bond donors (Lipinski definition) is 0. The van der Waals surface area contributed by atoms with E-state index in [1.54, 1.807) is 19.2 Å². The van der Waals surface area contributed by atoms with Crippen molar-refractivity contribution in [3.63, 3.8) is 0 Å². The van der Waals surface area contributed by atoms with E-state index in [9.17, 15) is 9.18 Å². The number of para-hydroxylation sites is 2. The molecular formula is C26H34FN3O2. The third-order valence-corrected chi connectivity index (χ3v) is 6.78. The Hall–Kier alpha value is -2.60. The van der Waals surface area contributed by atoms with Crippen LogP contribution in [0.15, 0.2) is 48.5 Å². The number of hydrogen-bond acceptors (Lipinski definition) is 4. The number of ether oxygens (including phenoxy) is 1. The Balaban J connectivity index is 1.24. The van der Waals surface area contributed by atoms with Crippen LogP contribution in [0.4, 0.5) is 10.1 Å². The van der Waals surface area contributed by atoms with Crippen LogP contribution in [0.5, 0.6) is 5.75 Å². The molecule has 2 saturated heterocycles. The summed E-state index contributed by atoms with van der Waals surface area (Å²) in [7, 11) is 1.72. The normalized spacial score (nSPS) is 19.8. The van der Waals surface area contributed by atoms with Gasteiger partial charge in [-0.1, -0.05) is 24.3 Å². The van der Waals surface area contributed by atoms with Crippen molar-refractivity contribution in [3.05, 3.63) is 59.9 Å². The third kappa shape index (κ3) is 5.60. The second-order valence-corrected chi connectivity index (χ2v) is 8.81. The molecule has 0 saturated carbocycles. The van der Waals surface area contributed by atoms with Crippen LogP contribution in [-0.2, 0) is 11.2 Å². The molecule has 1 amide bonds. The standard InChI is InChI=1S/C26H34FN3O2/c1-32-25-9-3-2-8-24(25)29-18-16-28(17-19-29)23-7-5-15-30(20-23)26(31)10-4-6-21-11-13-22(27)14-12-21/h2-3,8-9,11-14,23H,4-7,10,15-20H2,1H3/t23-/m0/s1. The van der Waals surface area contributed by atoms with Crippen LogP contribution in [0.1, 0.15) is 31.2 Å². The topological polar surface area (TPSA) is 36.0 Å². The molecule has 0 unspecified atom stereocenters. The number of piperazine rings is 1. The number of piperidine rings is 1. The second-order valence-electron chi connectivity index (χ2n) is 8.81. The molecule has 2 aromatic rings. The average molecular weight is 440 g/mol. The minimum Gasteiger partial charge on any atom is -0.495 e. The monoisotopic (exact) mass is 439 g/mol. The highest BCUT2D eigenvalue weighted by Crippen LogP contribution is 2.29. The van der Waals surface area contributed by atoms with Gasteiger partial charge in [0.15, 0.2) is 0 Å². The zero-order valence-corrected chi connectivity index (χ0v) is 19.0. The first kappa shape index (κ1) is 22.6. The second kappa shape index (κ2) is 10.8. The Morgan fingerprint density at radius 2 is 1.78 bits per heavy atom. The van der Waals surface area contributed by atoms with Gasteiger partial charge in [-0.25, -0.2) is 4.39 Å². The number of likely N-dealkylation sites (tertiary alicyclic amines) is 1. The van der Waals surface area contributed by atoms with Crippen molar-refractivity contribution in [1.82, 2.24) is 9.80 Å². The molecule has 172 valence electrons. The number of carbonyl (C=O) groups excluding carboxylic acids is 1. The number of halogens is 1. The minimum atomic E-state index is -0.215. The van der Waals surface area contributed by atoms with Crippen molar-refractivity contribution in [1.29, 1.82) is 0 Å². The van der Waals surface area contributed by atoms with E-state index in [0.29, 0.717) is 12.5 Å². The largest absolute Gasteiger partial charge is 0.495 e. The van der Waals surface area contributed by atoms with E-state index in [4.69, 9.17) is 4.74 Å². The maximum atomic E-state index is 13.0. The van der Waals surface area contributed by atoms with Crippen molar-refractivity contribution < 1.29 is 13.9 Å². The first-order chi connectivity index (χ1) is 15.6. The number of methoxy groups -OCH3 is 1. The van der Waals surface area contributed by atoms with Crippen LogP contribution in [0.25, 0.3) is 0 Å². The van der Waals surface area contributed by atoms with Gasteiger partial charge in [0, 0.05) is 51.7 Å². The predicted molar refractivity (Wildman–Crippen MR) is 126 cm³/mol. The summed E-state index contributed by atoms with van der Waals surface area (Å²) in [6.07, 6.45) is 4.41. The van der Waals surface area contributed by atoms with Gasteiger partial charge >= 0.3 is 0 Å². The van der Waals surface area contributed by atoms with Crippen LogP contribution in [-0.4, -0.2) is 68.1 Å². The summed E-state index contributed by atoms with van der Waals surface area (Å²) in [6.45, 7) is 5.67. The van der Waals surface area contributed by atoms with E-state index >= 15 is 0 Å². The van der Waals surface area contributed by atoms with Crippen LogP contribution in [0, 0.1) is 5.82 Å². The molecule has 32 heavy (non-hydrogen) atoms. The highest BCUT2D eigenvalue weighted by atomic mass is 19.1. The van der Waals surface area contributed by atoms with Gasteiger partial charge in [-0.3, -0.25) is 9.69 Å². The molecule has 2 heterocycles. The molecule has 0 N–H and O–H groups in total. The number of anilines is 1. The van der Waals surface area contributed by atoms with E-state index in [1.165, 1.54) is 12.1 Å². The molecule has 2 aliphatic rings. The van der Waals surface area contributed by atoms with Gasteiger partial charge in [-0.05, 0) is 55.5 Å². The maximum absolute atomic E-state index is 13.0. The van der Waals surface area contributed by atoms with Crippen molar-refractivity contribution in [2.45, 2.75) is 38.1 Å². The first-order valence-electron chi connectivity index (χ1n) is 11.8. The van der Waals surface area contributed by atoms with Crippen LogP contribution in [0.3, 0.4) is 0 Å². The average Bonchev–Trinajstić information content (AvgIpc) is 2.85. The van der Waals surface area contributed by atoms with E-state index in [-0.39, 0.29) is 11.7 Å². The quantitative estimate of drug-likeness (QED) is 0.654. The fourth-order valence-corrected chi connectivity index (χ4v) is 4.95. The lowest BCUT2D eigenvalue weighted by atomic mass is 10.0. The Kier molecular flexibility index (Phi) is 7.63. The molecular weight excluding hydrogens is 405 g/mol. The minimum absolute atomic E-state index is 0.215. The molecule has 0 radical (unpaired) electrons. The molecule has 1 atom stereocenters. The van der Waals surface area contributed by atoms with Crippen molar-refractivity contribution in [2.24, 2.45) is 0 Å². The summed E-state index contributed by atoms with van der Waals surface area (Å²) in [4.78, 5) is 19.8. The Morgan fingerprint density at radius 1 is 1.03 bits per heavy atom. The third-order valence-electron chi connectivity index (χ3n) is 6.78. The zero-order valence-electron chi connectivity index (χ0n) is 19.0. The molecule has 0 aromatic heterocycles. The van der Waals surface area contributed by atoms with Gasteiger partial charge in [0.1, 0.15) is 11.6 Å². The van der Waals surface area contributed by atoms with E-state index in [2.05, 4.69) is 26.8 Å². The Labute approximate surface area is 190 Å². The molecule has 0 spiro atoms. The van der Waals surface area contributed by atoms with Crippen LogP contribution < -0.4 is 9.64 Å². The molecule has 5 nitrogen and oxygen atoms in total. The van der Waals surface area contributed by atoms with E-state index < -0.39 is 0 Å². The van der Waals surface area contributed by atoms with Gasteiger partial charge in [0.2, 0.25) is 5.91 Å². The Morgan fingerprint density at radius 3 is 2.53 bits per heavy atom. The molecule has 0 bridgehead atoms. The number of aryl methyl sites for hydroxylation is 1. The zero-order chi connectivity index (χ0) is 22.3. The lowest BCUT2D eigenvalue weighted by molar-refractivity contribution is -0.133. The van der Waals surface area contributed by atoms with Crippen LogP contribution >= 0.6 is 0 Å². The van der Waals surface area contributed by atoms with Crippen molar-refractivity contribution in [3.8, 4) is 5.75 Å². The highest BCUT2D eigenvalue weighted by molar-refractivity contribution is 5.76. The summed E-state index contributed by atoms with van der Waals surface area (Å²) >= 11 is 0. The number of amides is 1. The number of carbonyl (C=O) groups is 1. The predicted octanol–water partition coefficient (Wildman–Crippen LogP) is 3.97. The summed E-state index contributed by atoms with van der Waals surface area (Å²) in [5, 5.41) is 0. The van der Waals surface area contributed by atoms with Gasteiger partial charge in [-0.15, -0.1) is 0 Å². The summed E-state index contributed by atoms with van der Waals surface area (Å²) in [6, 6.07) is 15.2. The lowest BCUT2D eigenvalue weighted by Crippen LogP contribution is -2.55. The molecule has 4 rings (SSSR count). The van der Waals surface area contributed by atoms with E-state index in [1.807, 2.05) is 12.1 Å². The fraction of sp³-hybridized carbons (Fsp3) is 0.500. The Bertz CT molecular complexity index is 881. The highest BCUT2D eigenvalue weighted by Gasteiger charge is 2.30. The van der Waals surface area contributed by atoms with Crippen molar-refractivity contribution in [2.75, 3.05) is 51.3 Å². The van der Waals surface area contributed by atoms with Crippen molar-refractivity contribution >= 4 is 11.6 Å². The fourth-order valence-electron chi connectivity index (χ4n) is 4.95. The molecule has 0 aliphatic carbocycles. The molecule has 2 aliphatic heterocycles. The lowest BCUT2D eigenvalue weighted by Gasteiger charge is -2.44. The van der Waals surface area contributed by atoms with Crippen LogP contribution in [0.2, 0.25) is 0 Å². The smallest absolute Gasteiger partial charge is 0.222 e. The molecule has 2 fully saturated rings. The van der Waals surface area contributed by atoms with Gasteiger partial charge in [0.05, 0.1) is 12.8 Å². The van der Waals surface area contributed by atoms with Gasteiger partial charge < -0.3 is 14.5 Å². The molecule has 2 aromatic carbocycles. The number of benzene rings is 2. The van der Waals surface area contributed by atoms with Gasteiger partial charge in [-0.2, -0.15) is 0 Å². The summed E-state index contributed by atoms with van der Waals surface area (Å²) in [5.74, 6) is 0.966. The van der Waals surface area contributed by atoms with E-state index in [0.717, 1.165) is 82.0 Å². The molecule has 6 heteroatoms. The maximum Gasteiger partial charge on any atom is 0.222 e. The number of rotatable bonds is 7. The number of nitrogens with zero attached hydrogens (tertiary/aromatic N) is 3. The summed E-state index contributed by atoms with van der Waals surface area (Å²) < 4.78 is 18.6. The summed E-state index contributed by atoms with van der Waals surface area (Å²) in [5.41, 5.74) is 2.25. The first-order valence-corrected chi connectivity index (χ1v) is 11.8. The SMILES string of the molecule is COc1ccccc1N1CCN([C@H]2CCCN(C(=O)CCCc3ccc(F)cc3)C2)CC1.